The van der Waals surface area contributed by atoms with E-state index in [1.807, 2.05) is 0 Å². The Morgan fingerprint density at radius 1 is 0.870 bits per heavy atom. The average molecular weight is 360 g/mol. The highest BCUT2D eigenvalue weighted by atomic mass is 32.3. The van der Waals surface area contributed by atoms with Crippen LogP contribution in [0.1, 0.15) is 12.8 Å². The summed E-state index contributed by atoms with van der Waals surface area (Å²) in [7, 11) is -1.37. The van der Waals surface area contributed by atoms with E-state index in [0.717, 1.165) is 12.8 Å². The smallest absolute Gasteiger partial charge is 0.385 e. The Kier molecular flexibility index (Phi) is 21.0. The van der Waals surface area contributed by atoms with E-state index in [0.29, 0.717) is 26.3 Å². The molecule has 0 saturated heterocycles. The maximum Gasteiger partial charge on any atom is 0.394 e. The second-order valence-electron chi connectivity index (χ2n) is 3.75. The first-order valence-corrected chi connectivity index (χ1v) is 7.72. The lowest BCUT2D eigenvalue weighted by atomic mass is 10.5. The lowest BCUT2D eigenvalue weighted by molar-refractivity contribution is 0.197. The first-order chi connectivity index (χ1) is 10.5. The van der Waals surface area contributed by atoms with Crippen LogP contribution in [0, 0.1) is 0 Å². The summed E-state index contributed by atoms with van der Waals surface area (Å²) in [5, 5.41) is 0. The molecular formula is C10H28N6O6S. The highest BCUT2D eigenvalue weighted by Gasteiger charge is 1.85. The fraction of sp³-hybridized carbons (Fsp3) is 0.800. The molecule has 0 bridgehead atoms. The van der Waals surface area contributed by atoms with Crippen molar-refractivity contribution in [3.05, 3.63) is 0 Å². The molecule has 12 nitrogen and oxygen atoms in total. The monoisotopic (exact) mass is 360 g/mol. The van der Waals surface area contributed by atoms with E-state index in [-0.39, 0.29) is 11.9 Å². The number of nitrogens with zero attached hydrogens (tertiary/aromatic N) is 2. The predicted molar refractivity (Wildman–Crippen MR) is 88.5 cm³/mol. The number of hydrogen-bond acceptors (Lipinski definition) is 6. The zero-order chi connectivity index (χ0) is 18.7. The van der Waals surface area contributed by atoms with Crippen molar-refractivity contribution < 1.29 is 27.0 Å². The molecule has 13 heteroatoms. The molecule has 0 aromatic carbocycles. The SMILES string of the molecule is COCCCN=C(N)N.COCCCN=C(N)N.O=S(=O)(O)O. The zero-order valence-electron chi connectivity index (χ0n) is 13.4. The standard InChI is InChI=1S/2C5H13N3O.H2O4S/c2*1-9-4-2-3-8-5(6)7;1-5(2,3)4/h2*2-4H2,1H3,(H4,6,7,8);(H2,1,2,3,4). The van der Waals surface area contributed by atoms with Crippen molar-refractivity contribution in [3.63, 3.8) is 0 Å². The van der Waals surface area contributed by atoms with E-state index >= 15 is 0 Å². The van der Waals surface area contributed by atoms with Crippen LogP contribution in [0.3, 0.4) is 0 Å². The van der Waals surface area contributed by atoms with Gasteiger partial charge in [-0.25, -0.2) is 0 Å². The third-order valence-electron chi connectivity index (χ3n) is 1.60. The van der Waals surface area contributed by atoms with Gasteiger partial charge in [0.05, 0.1) is 0 Å². The normalized spacial score (nSPS) is 9.57. The summed E-state index contributed by atoms with van der Waals surface area (Å²) in [6.07, 6.45) is 1.74. The van der Waals surface area contributed by atoms with Gasteiger partial charge in [-0.3, -0.25) is 19.1 Å². The van der Waals surface area contributed by atoms with Gasteiger partial charge in [0.1, 0.15) is 0 Å². The van der Waals surface area contributed by atoms with Crippen molar-refractivity contribution >= 4 is 22.3 Å². The van der Waals surface area contributed by atoms with Crippen molar-refractivity contribution in [1.82, 2.24) is 0 Å². The van der Waals surface area contributed by atoms with Gasteiger partial charge < -0.3 is 32.4 Å². The van der Waals surface area contributed by atoms with Crippen LogP contribution in [-0.4, -0.2) is 70.0 Å². The summed E-state index contributed by atoms with van der Waals surface area (Å²) in [6.45, 7) is 2.71. The maximum atomic E-state index is 8.74. The average Bonchev–Trinajstić information content (AvgIpc) is 2.38. The van der Waals surface area contributed by atoms with Crippen molar-refractivity contribution in [1.29, 1.82) is 0 Å². The lowest BCUT2D eigenvalue weighted by Gasteiger charge is -1.93. The van der Waals surface area contributed by atoms with Crippen LogP contribution < -0.4 is 22.9 Å². The molecule has 10 N–H and O–H groups in total. The molecule has 0 atom stereocenters. The van der Waals surface area contributed by atoms with Gasteiger partial charge in [-0.1, -0.05) is 0 Å². The topological polar surface area (TPSA) is 222 Å². The van der Waals surface area contributed by atoms with Crippen molar-refractivity contribution in [2.75, 3.05) is 40.5 Å². The minimum absolute atomic E-state index is 0.145. The minimum atomic E-state index is -4.67. The van der Waals surface area contributed by atoms with E-state index in [1.165, 1.54) is 0 Å². The molecular weight excluding hydrogens is 332 g/mol. The molecule has 0 heterocycles. The summed E-state index contributed by atoms with van der Waals surface area (Å²) < 4.78 is 41.1. The number of methoxy groups -OCH3 is 2. The van der Waals surface area contributed by atoms with Gasteiger partial charge in [-0.15, -0.1) is 0 Å². The van der Waals surface area contributed by atoms with E-state index in [9.17, 15) is 0 Å². The van der Waals surface area contributed by atoms with E-state index in [4.69, 9.17) is 49.9 Å². The molecule has 0 unspecified atom stereocenters. The molecule has 0 aromatic rings. The summed E-state index contributed by atoms with van der Waals surface area (Å²) in [5.74, 6) is 0.289. The van der Waals surface area contributed by atoms with Crippen molar-refractivity contribution in [3.8, 4) is 0 Å². The second-order valence-corrected chi connectivity index (χ2v) is 4.65. The van der Waals surface area contributed by atoms with Crippen LogP contribution in [0.2, 0.25) is 0 Å². The third kappa shape index (κ3) is 64.0. The predicted octanol–water partition coefficient (Wildman–Crippen LogP) is -2.06. The molecule has 0 aromatic heterocycles. The van der Waals surface area contributed by atoms with E-state index in [2.05, 4.69) is 9.98 Å². The molecule has 0 saturated carbocycles. The number of nitrogens with two attached hydrogens (primary N) is 4. The Morgan fingerprint density at radius 3 is 1.30 bits per heavy atom. The number of hydrogen-bond donors (Lipinski definition) is 6. The summed E-state index contributed by atoms with van der Waals surface area (Å²) in [4.78, 5) is 7.51. The highest BCUT2D eigenvalue weighted by Crippen LogP contribution is 1.80. The van der Waals surface area contributed by atoms with Gasteiger partial charge in [0.15, 0.2) is 11.9 Å². The Morgan fingerprint density at radius 2 is 1.13 bits per heavy atom. The number of rotatable bonds is 8. The highest BCUT2D eigenvalue weighted by molar-refractivity contribution is 7.79. The number of ether oxygens (including phenoxy) is 2. The fourth-order valence-electron chi connectivity index (χ4n) is 0.834. The van der Waals surface area contributed by atoms with Gasteiger partial charge in [-0.2, -0.15) is 8.42 Å². The first kappa shape index (κ1) is 26.2. The van der Waals surface area contributed by atoms with Gasteiger partial charge in [0.25, 0.3) is 0 Å². The Labute approximate surface area is 136 Å². The second kappa shape index (κ2) is 18.4. The van der Waals surface area contributed by atoms with Gasteiger partial charge in [0.2, 0.25) is 0 Å². The van der Waals surface area contributed by atoms with Crippen LogP contribution in [-0.2, 0) is 19.9 Å². The third-order valence-corrected chi connectivity index (χ3v) is 1.60. The van der Waals surface area contributed by atoms with Gasteiger partial charge >= 0.3 is 10.4 Å². The van der Waals surface area contributed by atoms with Crippen LogP contribution >= 0.6 is 0 Å². The van der Waals surface area contributed by atoms with Crippen molar-refractivity contribution in [2.24, 2.45) is 32.9 Å². The zero-order valence-corrected chi connectivity index (χ0v) is 14.2. The molecule has 0 amide bonds. The van der Waals surface area contributed by atoms with Crippen LogP contribution in [0.5, 0.6) is 0 Å². The molecule has 0 radical (unpaired) electrons. The van der Waals surface area contributed by atoms with Crippen LogP contribution in [0.25, 0.3) is 0 Å². The first-order valence-electron chi connectivity index (χ1n) is 6.33. The molecule has 0 aliphatic rings. The number of guanidine groups is 2. The van der Waals surface area contributed by atoms with Crippen LogP contribution in [0.4, 0.5) is 0 Å². The van der Waals surface area contributed by atoms with Crippen molar-refractivity contribution in [2.45, 2.75) is 12.8 Å². The molecule has 0 spiro atoms. The lowest BCUT2D eigenvalue weighted by Crippen LogP contribution is -2.23. The van der Waals surface area contributed by atoms with Gasteiger partial charge in [0, 0.05) is 40.5 Å². The molecule has 0 rings (SSSR count). The number of aliphatic imine (C=N–C) groups is 2. The largest absolute Gasteiger partial charge is 0.394 e. The summed E-state index contributed by atoms with van der Waals surface area (Å²) in [6, 6.07) is 0. The minimum Gasteiger partial charge on any atom is -0.385 e. The molecule has 140 valence electrons. The molecule has 0 aliphatic carbocycles. The van der Waals surface area contributed by atoms with E-state index in [1.54, 1.807) is 14.2 Å². The molecule has 0 fully saturated rings. The Bertz CT molecular complexity index is 374. The summed E-state index contributed by atoms with van der Waals surface area (Å²) in [5.41, 5.74) is 20.2. The Balaban J connectivity index is -0.000000273. The fourth-order valence-corrected chi connectivity index (χ4v) is 0.834. The van der Waals surface area contributed by atoms with Crippen LogP contribution in [0.15, 0.2) is 9.98 Å². The van der Waals surface area contributed by atoms with Gasteiger partial charge in [-0.05, 0) is 12.8 Å². The van der Waals surface area contributed by atoms with E-state index < -0.39 is 10.4 Å². The summed E-state index contributed by atoms with van der Waals surface area (Å²) >= 11 is 0. The Hall–Kier alpha value is -1.67. The quantitative estimate of drug-likeness (QED) is 0.120. The molecule has 0 aliphatic heterocycles. The maximum absolute atomic E-state index is 8.74. The molecule has 23 heavy (non-hydrogen) atoms.